The van der Waals surface area contributed by atoms with Gasteiger partial charge in [-0.3, -0.25) is 4.79 Å². The second-order valence-electron chi connectivity index (χ2n) is 6.08. The molecule has 0 aromatic heterocycles. The van der Waals surface area contributed by atoms with Gasteiger partial charge in [0.1, 0.15) is 24.2 Å². The molecule has 0 aliphatic carbocycles. The van der Waals surface area contributed by atoms with E-state index in [1.807, 2.05) is 6.07 Å². The second-order valence-corrected chi connectivity index (χ2v) is 6.08. The monoisotopic (exact) mass is 381 g/mol. The van der Waals surface area contributed by atoms with E-state index >= 15 is 0 Å². The molecule has 1 heterocycles. The third-order valence-corrected chi connectivity index (χ3v) is 4.00. The van der Waals surface area contributed by atoms with Gasteiger partial charge in [-0.05, 0) is 41.0 Å². The Morgan fingerprint density at radius 1 is 1.22 bits per heavy atom. The van der Waals surface area contributed by atoms with E-state index in [0.717, 1.165) is 11.1 Å². The van der Waals surface area contributed by atoms with Crippen LogP contribution in [0, 0.1) is 0 Å². The number of hydrogen-bond acceptors (Lipinski definition) is 4. The van der Waals surface area contributed by atoms with E-state index in [-0.39, 0.29) is 24.4 Å². The van der Waals surface area contributed by atoms with Crippen LogP contribution in [0.3, 0.4) is 0 Å². The van der Waals surface area contributed by atoms with Crippen LogP contribution >= 0.6 is 0 Å². The number of amides is 1. The molecular formula is C19H18F3NO4. The summed E-state index contributed by atoms with van der Waals surface area (Å²) < 4.78 is 51.7. The summed E-state index contributed by atoms with van der Waals surface area (Å²) in [5, 5.41) is 2.72. The molecule has 0 spiro atoms. The average Bonchev–Trinajstić information content (AvgIpc) is 3.01. The normalized spacial score (nSPS) is 15.8. The SMILES string of the molecule is COCC(=O)NC[C@H]1Cc2cc(-c3cccc(OC(F)(F)F)c3)ccc2O1. The highest BCUT2D eigenvalue weighted by atomic mass is 19.4. The quantitative estimate of drug-likeness (QED) is 0.834. The number of fused-ring (bicyclic) bond motifs is 1. The van der Waals surface area contributed by atoms with Gasteiger partial charge in [0, 0.05) is 13.5 Å². The summed E-state index contributed by atoms with van der Waals surface area (Å²) in [5.41, 5.74) is 2.30. The van der Waals surface area contributed by atoms with Crippen LogP contribution in [-0.4, -0.2) is 38.6 Å². The van der Waals surface area contributed by atoms with E-state index in [2.05, 4.69) is 10.1 Å². The summed E-state index contributed by atoms with van der Waals surface area (Å²) >= 11 is 0. The van der Waals surface area contributed by atoms with Gasteiger partial charge in [0.2, 0.25) is 5.91 Å². The van der Waals surface area contributed by atoms with Crippen molar-refractivity contribution in [2.24, 2.45) is 0 Å². The standard InChI is InChI=1S/C19H18F3NO4/c1-25-11-18(24)23-10-16-9-14-7-13(5-6-17(14)26-16)12-3-2-4-15(8-12)27-19(20,21)22/h2-8,16H,9-11H2,1H3,(H,23,24)/t16-/m1/s1. The maximum atomic E-state index is 12.4. The summed E-state index contributed by atoms with van der Waals surface area (Å²) in [6.45, 7) is 0.335. The molecule has 1 N–H and O–H groups in total. The Hall–Kier alpha value is -2.74. The first-order valence-electron chi connectivity index (χ1n) is 8.25. The first-order chi connectivity index (χ1) is 12.8. The fourth-order valence-electron chi connectivity index (χ4n) is 2.90. The van der Waals surface area contributed by atoms with Gasteiger partial charge in [0.05, 0.1) is 6.54 Å². The fourth-order valence-corrected chi connectivity index (χ4v) is 2.90. The molecular weight excluding hydrogens is 363 g/mol. The van der Waals surface area contributed by atoms with Gasteiger partial charge in [-0.25, -0.2) is 0 Å². The smallest absolute Gasteiger partial charge is 0.488 e. The minimum atomic E-state index is -4.73. The summed E-state index contributed by atoms with van der Waals surface area (Å²) in [4.78, 5) is 11.5. The van der Waals surface area contributed by atoms with E-state index in [4.69, 9.17) is 9.47 Å². The van der Waals surface area contributed by atoms with Crippen LogP contribution in [0.1, 0.15) is 5.56 Å². The van der Waals surface area contributed by atoms with Gasteiger partial charge in [-0.2, -0.15) is 0 Å². The Labute approximate surface area is 154 Å². The summed E-state index contributed by atoms with van der Waals surface area (Å²) in [5.74, 6) is 0.210. The van der Waals surface area contributed by atoms with E-state index in [9.17, 15) is 18.0 Å². The van der Waals surface area contributed by atoms with Crippen molar-refractivity contribution in [1.82, 2.24) is 5.32 Å². The molecule has 0 fully saturated rings. The molecule has 8 heteroatoms. The highest BCUT2D eigenvalue weighted by Gasteiger charge is 2.31. The Kier molecular flexibility index (Phi) is 5.55. The fraction of sp³-hybridized carbons (Fsp3) is 0.316. The van der Waals surface area contributed by atoms with E-state index in [1.54, 1.807) is 18.2 Å². The van der Waals surface area contributed by atoms with Crippen LogP contribution in [0.4, 0.5) is 13.2 Å². The summed E-state index contributed by atoms with van der Waals surface area (Å²) in [6, 6.07) is 11.2. The van der Waals surface area contributed by atoms with Crippen LogP contribution in [-0.2, 0) is 16.0 Å². The van der Waals surface area contributed by atoms with Gasteiger partial charge >= 0.3 is 6.36 Å². The number of carbonyl (C=O) groups is 1. The summed E-state index contributed by atoms with van der Waals surface area (Å²) in [6.07, 6.45) is -4.34. The van der Waals surface area contributed by atoms with Crippen molar-refractivity contribution >= 4 is 5.91 Å². The molecule has 2 aromatic carbocycles. The van der Waals surface area contributed by atoms with Crippen LogP contribution < -0.4 is 14.8 Å². The number of nitrogens with one attached hydrogen (secondary N) is 1. The Morgan fingerprint density at radius 3 is 2.74 bits per heavy atom. The van der Waals surface area contributed by atoms with Crippen LogP contribution in [0.2, 0.25) is 0 Å². The van der Waals surface area contributed by atoms with Crippen molar-refractivity contribution in [3.63, 3.8) is 0 Å². The minimum absolute atomic E-state index is 0.0137. The van der Waals surface area contributed by atoms with E-state index in [1.165, 1.54) is 25.3 Å². The molecule has 5 nitrogen and oxygen atoms in total. The molecule has 1 aliphatic rings. The number of carbonyl (C=O) groups excluding carboxylic acids is 1. The maximum Gasteiger partial charge on any atom is 0.573 e. The topological polar surface area (TPSA) is 56.8 Å². The Balaban J connectivity index is 1.69. The zero-order chi connectivity index (χ0) is 19.4. The van der Waals surface area contributed by atoms with Crippen molar-refractivity contribution < 1.29 is 32.2 Å². The molecule has 1 aliphatic heterocycles. The maximum absolute atomic E-state index is 12.4. The molecule has 0 radical (unpaired) electrons. The number of benzene rings is 2. The molecule has 1 amide bonds. The van der Waals surface area contributed by atoms with Gasteiger partial charge in [0.15, 0.2) is 0 Å². The first kappa shape index (κ1) is 19.0. The number of hydrogen-bond donors (Lipinski definition) is 1. The second kappa shape index (κ2) is 7.87. The number of ether oxygens (including phenoxy) is 3. The molecule has 2 aromatic rings. The molecule has 27 heavy (non-hydrogen) atoms. The van der Waals surface area contributed by atoms with Crippen molar-refractivity contribution in [1.29, 1.82) is 0 Å². The van der Waals surface area contributed by atoms with Gasteiger partial charge in [-0.15, -0.1) is 13.2 Å². The van der Waals surface area contributed by atoms with Gasteiger partial charge in [-0.1, -0.05) is 18.2 Å². The largest absolute Gasteiger partial charge is 0.573 e. The average molecular weight is 381 g/mol. The third kappa shape index (κ3) is 5.13. The van der Waals surface area contributed by atoms with Crippen molar-refractivity contribution in [2.45, 2.75) is 18.9 Å². The zero-order valence-corrected chi connectivity index (χ0v) is 14.5. The molecule has 144 valence electrons. The van der Waals surface area contributed by atoms with Crippen molar-refractivity contribution in [2.75, 3.05) is 20.3 Å². The van der Waals surface area contributed by atoms with Crippen LogP contribution in [0.25, 0.3) is 11.1 Å². The van der Waals surface area contributed by atoms with Crippen LogP contribution in [0.15, 0.2) is 42.5 Å². The van der Waals surface area contributed by atoms with E-state index < -0.39 is 6.36 Å². The lowest BCUT2D eigenvalue weighted by Gasteiger charge is -2.11. The van der Waals surface area contributed by atoms with Crippen molar-refractivity contribution in [3.8, 4) is 22.6 Å². The molecule has 3 rings (SSSR count). The predicted molar refractivity (Wildman–Crippen MR) is 91.6 cm³/mol. The minimum Gasteiger partial charge on any atom is -0.488 e. The molecule has 1 atom stereocenters. The van der Waals surface area contributed by atoms with Crippen LogP contribution in [0.5, 0.6) is 11.5 Å². The molecule has 0 saturated carbocycles. The molecule has 0 bridgehead atoms. The van der Waals surface area contributed by atoms with Gasteiger partial charge in [0.25, 0.3) is 0 Å². The third-order valence-electron chi connectivity index (χ3n) is 4.00. The lowest BCUT2D eigenvalue weighted by Crippen LogP contribution is -2.36. The van der Waals surface area contributed by atoms with Gasteiger partial charge < -0.3 is 19.5 Å². The van der Waals surface area contributed by atoms with Crippen molar-refractivity contribution in [3.05, 3.63) is 48.0 Å². The highest BCUT2D eigenvalue weighted by Crippen LogP contribution is 2.34. The molecule has 0 unspecified atom stereocenters. The number of halogens is 3. The predicted octanol–water partition coefficient (Wildman–Crippen LogP) is 3.32. The Bertz CT molecular complexity index is 823. The lowest BCUT2D eigenvalue weighted by atomic mass is 10.0. The number of alkyl halides is 3. The van der Waals surface area contributed by atoms with E-state index in [0.29, 0.717) is 24.3 Å². The Morgan fingerprint density at radius 2 is 2.00 bits per heavy atom. The first-order valence-corrected chi connectivity index (χ1v) is 8.25. The number of methoxy groups -OCH3 is 1. The zero-order valence-electron chi connectivity index (χ0n) is 14.5. The highest BCUT2D eigenvalue weighted by molar-refractivity contribution is 5.77. The lowest BCUT2D eigenvalue weighted by molar-refractivity contribution is -0.274. The molecule has 0 saturated heterocycles. The summed E-state index contributed by atoms with van der Waals surface area (Å²) in [7, 11) is 1.44. The number of rotatable bonds is 6.